The third-order valence-electron chi connectivity index (χ3n) is 8.35. The summed E-state index contributed by atoms with van der Waals surface area (Å²) in [6, 6.07) is 2.99. The Balaban J connectivity index is 1.59. The maximum atomic E-state index is 14.5. The number of thiazole rings is 1. The molecule has 250 valence electrons. The lowest BCUT2D eigenvalue weighted by molar-refractivity contribution is -0.140. The summed E-state index contributed by atoms with van der Waals surface area (Å²) in [5.74, 6) is -1.65. The molecule has 4 atom stereocenters. The van der Waals surface area contributed by atoms with Crippen LogP contribution in [-0.2, 0) is 19.1 Å². The molecule has 0 radical (unpaired) electrons. The molecule has 2 fully saturated rings. The van der Waals surface area contributed by atoms with E-state index < -0.39 is 41.5 Å². The highest BCUT2D eigenvalue weighted by Gasteiger charge is 2.44. The molecule has 1 aliphatic carbocycles. The second kappa shape index (κ2) is 15.1. The van der Waals surface area contributed by atoms with Crippen molar-refractivity contribution >= 4 is 51.9 Å². The molecule has 1 aromatic heterocycles. The molecule has 1 N–H and O–H groups in total. The van der Waals surface area contributed by atoms with Gasteiger partial charge in [-0.3, -0.25) is 24.1 Å². The van der Waals surface area contributed by atoms with Gasteiger partial charge in [-0.15, -0.1) is 11.3 Å². The van der Waals surface area contributed by atoms with Crippen LogP contribution in [-0.4, -0.2) is 80.1 Å². The number of hydrogen-bond donors (Lipinski definition) is 1. The van der Waals surface area contributed by atoms with Crippen molar-refractivity contribution in [3.8, 4) is 0 Å². The van der Waals surface area contributed by atoms with E-state index in [1.54, 1.807) is 38.0 Å². The van der Waals surface area contributed by atoms with Gasteiger partial charge in [0.1, 0.15) is 34.2 Å². The molecule has 0 spiro atoms. The number of rotatable bonds is 9. The molecule has 10 nitrogen and oxygen atoms in total. The quantitative estimate of drug-likeness (QED) is 0.333. The number of carbonyl (C=O) groups is 5. The van der Waals surface area contributed by atoms with Gasteiger partial charge in [0.05, 0.1) is 6.04 Å². The highest BCUT2D eigenvalue weighted by Crippen LogP contribution is 2.40. The van der Waals surface area contributed by atoms with Crippen molar-refractivity contribution in [2.24, 2.45) is 5.92 Å². The van der Waals surface area contributed by atoms with E-state index in [0.29, 0.717) is 17.0 Å². The second-order valence-corrected chi connectivity index (χ2v) is 15.4. The van der Waals surface area contributed by atoms with Crippen molar-refractivity contribution in [3.05, 3.63) is 51.7 Å². The molecule has 46 heavy (non-hydrogen) atoms. The Hall–Kier alpha value is -3.32. The maximum absolute atomic E-state index is 14.5. The number of carbonyl (C=O) groups excluding carboxylic acids is 5. The van der Waals surface area contributed by atoms with Crippen molar-refractivity contribution in [1.29, 1.82) is 0 Å². The number of likely N-dealkylation sites (N-methyl/N-ethyl adjacent to an activating group) is 1. The van der Waals surface area contributed by atoms with Crippen molar-refractivity contribution in [3.63, 3.8) is 0 Å². The Labute approximate surface area is 277 Å². The van der Waals surface area contributed by atoms with E-state index in [4.69, 9.17) is 4.74 Å². The number of aromatic nitrogens is 1. The van der Waals surface area contributed by atoms with Gasteiger partial charge in [0.15, 0.2) is 5.12 Å². The van der Waals surface area contributed by atoms with Gasteiger partial charge in [0, 0.05) is 36.7 Å². The molecule has 2 aliphatic rings. The first-order valence-corrected chi connectivity index (χ1v) is 17.4. The third-order valence-corrected chi connectivity index (χ3v) is 10.3. The van der Waals surface area contributed by atoms with Crippen LogP contribution in [0.5, 0.6) is 0 Å². The Morgan fingerprint density at radius 3 is 2.37 bits per heavy atom. The predicted octanol–water partition coefficient (Wildman–Crippen LogP) is 5.76. The number of benzene rings is 1. The summed E-state index contributed by atoms with van der Waals surface area (Å²) in [5.41, 5.74) is -0.244. The standard InChI is InChI=1S/C33H43FN4O6S2/c1-19(37(6)32(43)44-33(3,4)5)29(41)36-27(21-10-8-7-9-11-21)31(42)38-17-24(46-20(2)39)16-26(38)30-35-25(18-45-30)28(40)22-12-14-23(34)15-13-22/h12-15,18-19,21,24,26-27H,7-11,16-17H2,1-6H3,(H,36,41)/t19-,24-,26-,27-/m0/s1. The average molecular weight is 675 g/mol. The maximum Gasteiger partial charge on any atom is 0.410 e. The molecule has 0 unspecified atom stereocenters. The van der Waals surface area contributed by atoms with Crippen LogP contribution in [0, 0.1) is 11.7 Å². The van der Waals surface area contributed by atoms with Crippen molar-refractivity contribution in [1.82, 2.24) is 20.1 Å². The number of ether oxygens (including phenoxy) is 1. The van der Waals surface area contributed by atoms with Gasteiger partial charge in [-0.05, 0) is 77.1 Å². The number of halogens is 1. The van der Waals surface area contributed by atoms with E-state index >= 15 is 0 Å². The summed E-state index contributed by atoms with van der Waals surface area (Å²) in [7, 11) is 1.49. The molecular formula is C33H43FN4O6S2. The molecule has 2 aromatic rings. The number of hydrogen-bond acceptors (Lipinski definition) is 9. The molecule has 1 saturated carbocycles. The van der Waals surface area contributed by atoms with Crippen LogP contribution in [0.4, 0.5) is 9.18 Å². The first-order valence-electron chi connectivity index (χ1n) is 15.6. The number of likely N-dealkylation sites (tertiary alicyclic amines) is 1. The summed E-state index contributed by atoms with van der Waals surface area (Å²) in [6.45, 7) is 8.59. The van der Waals surface area contributed by atoms with Gasteiger partial charge in [-0.2, -0.15) is 0 Å². The van der Waals surface area contributed by atoms with E-state index in [0.717, 1.165) is 32.1 Å². The van der Waals surface area contributed by atoms with Crippen LogP contribution in [0.2, 0.25) is 0 Å². The highest BCUT2D eigenvalue weighted by molar-refractivity contribution is 8.14. The third kappa shape index (κ3) is 8.93. The zero-order valence-corrected chi connectivity index (χ0v) is 28.8. The van der Waals surface area contributed by atoms with E-state index in [1.807, 2.05) is 0 Å². The summed E-state index contributed by atoms with van der Waals surface area (Å²) < 4.78 is 18.9. The lowest BCUT2D eigenvalue weighted by Crippen LogP contribution is -2.57. The first kappa shape index (κ1) is 35.5. The Kier molecular flexibility index (Phi) is 11.6. The van der Waals surface area contributed by atoms with Crippen molar-refractivity contribution < 1.29 is 33.1 Å². The fraction of sp³-hybridized carbons (Fsp3) is 0.576. The molecule has 1 saturated heterocycles. The minimum atomic E-state index is -0.900. The average Bonchev–Trinajstić information content (AvgIpc) is 3.65. The number of nitrogens with one attached hydrogen (secondary N) is 1. The predicted molar refractivity (Wildman–Crippen MR) is 175 cm³/mol. The number of nitrogens with zero attached hydrogens (tertiary/aromatic N) is 3. The minimum absolute atomic E-state index is 0.0690. The summed E-state index contributed by atoms with van der Waals surface area (Å²) in [6.07, 6.45) is 4.27. The zero-order chi connectivity index (χ0) is 33.8. The summed E-state index contributed by atoms with van der Waals surface area (Å²) in [4.78, 5) is 73.4. The Bertz CT molecular complexity index is 1440. The monoisotopic (exact) mass is 674 g/mol. The molecule has 0 bridgehead atoms. The van der Waals surface area contributed by atoms with Gasteiger partial charge >= 0.3 is 6.09 Å². The van der Waals surface area contributed by atoms with Crippen LogP contribution in [0.15, 0.2) is 29.6 Å². The number of thioether (sulfide) groups is 1. The fourth-order valence-electron chi connectivity index (χ4n) is 5.86. The van der Waals surface area contributed by atoms with Crippen molar-refractivity contribution in [2.45, 2.75) is 102 Å². The SMILES string of the molecule is CC(=O)S[C@H]1C[C@@H](c2nc(C(=O)c3ccc(F)cc3)cs2)N(C(=O)[C@@H](NC(=O)[C@H](C)N(C)C(=O)OC(C)(C)C)C2CCCCC2)C1. The Morgan fingerprint density at radius 2 is 1.76 bits per heavy atom. The Morgan fingerprint density at radius 1 is 1.11 bits per heavy atom. The molecule has 2 heterocycles. The van der Waals surface area contributed by atoms with Crippen LogP contribution >= 0.6 is 23.1 Å². The van der Waals surface area contributed by atoms with Crippen LogP contribution in [0.1, 0.15) is 100 Å². The lowest BCUT2D eigenvalue weighted by Gasteiger charge is -2.36. The van der Waals surface area contributed by atoms with E-state index in [9.17, 15) is 28.4 Å². The van der Waals surface area contributed by atoms with E-state index in [-0.39, 0.29) is 40.2 Å². The zero-order valence-electron chi connectivity index (χ0n) is 27.2. The molecule has 13 heteroatoms. The van der Waals surface area contributed by atoms with Gasteiger partial charge < -0.3 is 15.0 Å². The topological polar surface area (TPSA) is 126 Å². The summed E-state index contributed by atoms with van der Waals surface area (Å²) >= 11 is 2.42. The largest absolute Gasteiger partial charge is 0.444 e. The molecular weight excluding hydrogens is 632 g/mol. The van der Waals surface area contributed by atoms with E-state index in [1.165, 1.54) is 66.2 Å². The lowest BCUT2D eigenvalue weighted by atomic mass is 9.83. The molecule has 1 aromatic carbocycles. The molecule has 4 rings (SSSR count). The molecule has 3 amide bonds. The molecule has 1 aliphatic heterocycles. The van der Waals surface area contributed by atoms with Crippen molar-refractivity contribution in [2.75, 3.05) is 13.6 Å². The van der Waals surface area contributed by atoms with Gasteiger partial charge in [0.25, 0.3) is 0 Å². The first-order chi connectivity index (χ1) is 21.6. The van der Waals surface area contributed by atoms with Crippen LogP contribution in [0.3, 0.4) is 0 Å². The van der Waals surface area contributed by atoms with Gasteiger partial charge in [0.2, 0.25) is 17.6 Å². The highest BCUT2D eigenvalue weighted by atomic mass is 32.2. The second-order valence-electron chi connectivity index (χ2n) is 13.0. The number of amides is 3. The smallest absolute Gasteiger partial charge is 0.410 e. The van der Waals surface area contributed by atoms with Gasteiger partial charge in [-0.25, -0.2) is 14.2 Å². The van der Waals surface area contributed by atoms with E-state index in [2.05, 4.69) is 10.3 Å². The van der Waals surface area contributed by atoms with Crippen LogP contribution in [0.25, 0.3) is 0 Å². The van der Waals surface area contributed by atoms with Crippen LogP contribution < -0.4 is 5.32 Å². The summed E-state index contributed by atoms with van der Waals surface area (Å²) in [5, 5.41) is 4.91. The van der Waals surface area contributed by atoms with Gasteiger partial charge in [-0.1, -0.05) is 31.0 Å². The minimum Gasteiger partial charge on any atom is -0.444 e. The normalized spacial score (nSPS) is 20.1. The fourth-order valence-corrected chi connectivity index (χ4v) is 7.77. The number of ketones is 1.